The molecule has 1 saturated heterocycles. The Morgan fingerprint density at radius 3 is 2.89 bits per heavy atom. The van der Waals surface area contributed by atoms with Gasteiger partial charge in [0.25, 0.3) is 5.91 Å². The molecule has 6 nitrogen and oxygen atoms in total. The van der Waals surface area contributed by atoms with E-state index in [4.69, 9.17) is 20.9 Å². The van der Waals surface area contributed by atoms with Crippen LogP contribution in [0.2, 0.25) is 5.02 Å². The number of hydrogen-bond acceptors (Lipinski definition) is 5. The molecule has 1 atom stereocenters. The van der Waals surface area contributed by atoms with Crippen molar-refractivity contribution in [2.45, 2.75) is 39.2 Å². The van der Waals surface area contributed by atoms with Crippen LogP contribution in [-0.4, -0.2) is 41.1 Å². The van der Waals surface area contributed by atoms with Crippen molar-refractivity contribution in [3.05, 3.63) is 40.4 Å². The summed E-state index contributed by atoms with van der Waals surface area (Å²) in [5, 5.41) is 3.86. The van der Waals surface area contributed by atoms with Crippen molar-refractivity contribution >= 4 is 23.5 Å². The molecule has 0 radical (unpaired) electrons. The lowest BCUT2D eigenvalue weighted by atomic mass is 10.0. The fourth-order valence-electron chi connectivity index (χ4n) is 3.26. The van der Waals surface area contributed by atoms with Crippen LogP contribution >= 0.6 is 11.6 Å². The lowest BCUT2D eigenvalue weighted by Gasteiger charge is -2.33. The zero-order chi connectivity index (χ0) is 19.6. The van der Waals surface area contributed by atoms with Gasteiger partial charge in [-0.1, -0.05) is 22.8 Å². The van der Waals surface area contributed by atoms with Crippen molar-refractivity contribution in [1.82, 2.24) is 10.1 Å². The van der Waals surface area contributed by atoms with E-state index in [-0.39, 0.29) is 39.6 Å². The second-order valence-electron chi connectivity index (χ2n) is 6.57. The summed E-state index contributed by atoms with van der Waals surface area (Å²) >= 11 is 6.06. The number of rotatable bonds is 4. The van der Waals surface area contributed by atoms with Gasteiger partial charge in [0.15, 0.2) is 6.61 Å². The molecule has 0 N–H and O–H groups in total. The number of aryl methyl sites for hydroxylation is 1. The molecule has 2 heterocycles. The summed E-state index contributed by atoms with van der Waals surface area (Å²) in [6.07, 6.45) is 2.95. The molecular formula is C19H20ClFN2O4. The monoisotopic (exact) mass is 394 g/mol. The molecule has 0 aliphatic carbocycles. The highest BCUT2D eigenvalue weighted by Gasteiger charge is 2.28. The highest BCUT2D eigenvalue weighted by atomic mass is 35.5. The predicted octanol–water partition coefficient (Wildman–Crippen LogP) is 4.00. The summed E-state index contributed by atoms with van der Waals surface area (Å²) in [5.74, 6) is -1.53. The van der Waals surface area contributed by atoms with Crippen molar-refractivity contribution in [3.8, 4) is 11.3 Å². The Labute approximate surface area is 161 Å². The van der Waals surface area contributed by atoms with Crippen LogP contribution in [0.25, 0.3) is 11.3 Å². The van der Waals surface area contributed by atoms with Gasteiger partial charge in [-0.25, -0.2) is 9.18 Å². The average molecular weight is 395 g/mol. The minimum Gasteiger partial charge on any atom is -0.452 e. The van der Waals surface area contributed by atoms with Crippen molar-refractivity contribution in [1.29, 1.82) is 0 Å². The van der Waals surface area contributed by atoms with E-state index >= 15 is 0 Å². The first-order valence-corrected chi connectivity index (χ1v) is 9.15. The van der Waals surface area contributed by atoms with Gasteiger partial charge in [-0.2, -0.15) is 0 Å². The quantitative estimate of drug-likeness (QED) is 0.733. The predicted molar refractivity (Wildman–Crippen MR) is 97.0 cm³/mol. The number of halogens is 2. The van der Waals surface area contributed by atoms with E-state index in [1.165, 1.54) is 25.1 Å². The Morgan fingerprint density at radius 2 is 2.19 bits per heavy atom. The number of nitrogens with zero attached hydrogens (tertiary/aromatic N) is 2. The van der Waals surface area contributed by atoms with E-state index in [0.29, 0.717) is 6.54 Å². The molecule has 0 saturated carbocycles. The third kappa shape index (κ3) is 3.98. The molecule has 1 amide bonds. The van der Waals surface area contributed by atoms with Crippen LogP contribution in [0.5, 0.6) is 0 Å². The summed E-state index contributed by atoms with van der Waals surface area (Å²) in [7, 11) is 0. The maximum Gasteiger partial charge on any atom is 0.344 e. The molecule has 1 aromatic heterocycles. The Hall–Kier alpha value is -2.41. The molecule has 3 rings (SSSR count). The number of hydrogen-bond donors (Lipinski definition) is 0. The van der Waals surface area contributed by atoms with Crippen LogP contribution in [0.3, 0.4) is 0 Å². The summed E-state index contributed by atoms with van der Waals surface area (Å²) < 4.78 is 24.4. The SMILES string of the molecule is Cc1onc(-c2c(F)cccc2Cl)c1C(=O)OCC(=O)N1CCCCC1C. The van der Waals surface area contributed by atoms with E-state index < -0.39 is 18.4 Å². The summed E-state index contributed by atoms with van der Waals surface area (Å²) in [6, 6.07) is 4.27. The zero-order valence-corrected chi connectivity index (χ0v) is 15.9. The number of carbonyl (C=O) groups excluding carboxylic acids is 2. The van der Waals surface area contributed by atoms with Gasteiger partial charge in [0, 0.05) is 12.6 Å². The number of carbonyl (C=O) groups is 2. The number of amides is 1. The number of likely N-dealkylation sites (tertiary alicyclic amines) is 1. The largest absolute Gasteiger partial charge is 0.452 e. The van der Waals surface area contributed by atoms with Gasteiger partial charge in [-0.3, -0.25) is 4.79 Å². The van der Waals surface area contributed by atoms with Gasteiger partial charge in [-0.05, 0) is 45.2 Å². The molecule has 1 fully saturated rings. The zero-order valence-electron chi connectivity index (χ0n) is 15.1. The maximum atomic E-state index is 14.2. The normalized spacial score (nSPS) is 17.0. The van der Waals surface area contributed by atoms with Crippen LogP contribution in [0.1, 0.15) is 42.3 Å². The molecule has 0 bridgehead atoms. The van der Waals surface area contributed by atoms with Crippen LogP contribution in [0.15, 0.2) is 22.7 Å². The first kappa shape index (κ1) is 19.4. The molecule has 27 heavy (non-hydrogen) atoms. The van der Waals surface area contributed by atoms with E-state index in [0.717, 1.165) is 19.3 Å². The molecule has 0 spiro atoms. The number of esters is 1. The fraction of sp³-hybridized carbons (Fsp3) is 0.421. The summed E-state index contributed by atoms with van der Waals surface area (Å²) in [5.41, 5.74) is -0.125. The van der Waals surface area contributed by atoms with Crippen molar-refractivity contribution in [2.75, 3.05) is 13.2 Å². The minimum atomic E-state index is -0.805. The molecule has 1 aromatic carbocycles. The Bertz CT molecular complexity index is 847. The highest BCUT2D eigenvalue weighted by molar-refractivity contribution is 6.33. The lowest BCUT2D eigenvalue weighted by molar-refractivity contribution is -0.137. The second-order valence-corrected chi connectivity index (χ2v) is 6.97. The topological polar surface area (TPSA) is 72.6 Å². The molecule has 144 valence electrons. The Balaban J connectivity index is 1.78. The third-order valence-electron chi connectivity index (χ3n) is 4.72. The first-order chi connectivity index (χ1) is 12.9. The van der Waals surface area contributed by atoms with E-state index in [9.17, 15) is 14.0 Å². The van der Waals surface area contributed by atoms with Crippen LogP contribution in [-0.2, 0) is 9.53 Å². The fourth-order valence-corrected chi connectivity index (χ4v) is 3.51. The van der Waals surface area contributed by atoms with E-state index in [1.54, 1.807) is 4.90 Å². The van der Waals surface area contributed by atoms with Gasteiger partial charge in [0.05, 0.1) is 10.6 Å². The van der Waals surface area contributed by atoms with Gasteiger partial charge in [0.1, 0.15) is 22.8 Å². The van der Waals surface area contributed by atoms with E-state index in [2.05, 4.69) is 5.16 Å². The standard InChI is InChI=1S/C19H20ClFN2O4/c1-11-6-3-4-9-23(11)15(24)10-26-19(25)16-12(2)27-22-18(16)17-13(20)7-5-8-14(17)21/h5,7-8,11H,3-4,6,9-10H2,1-2H3. The number of ether oxygens (including phenoxy) is 1. The third-order valence-corrected chi connectivity index (χ3v) is 5.03. The number of aromatic nitrogens is 1. The maximum absolute atomic E-state index is 14.2. The Kier molecular flexibility index (Phi) is 5.79. The number of benzene rings is 1. The molecule has 1 aliphatic rings. The van der Waals surface area contributed by atoms with Gasteiger partial charge in [0.2, 0.25) is 0 Å². The van der Waals surface area contributed by atoms with Gasteiger partial charge < -0.3 is 14.2 Å². The van der Waals surface area contributed by atoms with Gasteiger partial charge in [-0.15, -0.1) is 0 Å². The van der Waals surface area contributed by atoms with Crippen molar-refractivity contribution in [2.24, 2.45) is 0 Å². The van der Waals surface area contributed by atoms with Crippen molar-refractivity contribution < 1.29 is 23.2 Å². The summed E-state index contributed by atoms with van der Waals surface area (Å²) in [6.45, 7) is 3.75. The smallest absolute Gasteiger partial charge is 0.344 e. The van der Waals surface area contributed by atoms with Crippen LogP contribution < -0.4 is 0 Å². The number of piperidine rings is 1. The highest BCUT2D eigenvalue weighted by Crippen LogP contribution is 2.33. The molecular weight excluding hydrogens is 375 g/mol. The Morgan fingerprint density at radius 1 is 1.41 bits per heavy atom. The first-order valence-electron chi connectivity index (χ1n) is 8.77. The van der Waals surface area contributed by atoms with Gasteiger partial charge >= 0.3 is 5.97 Å². The van der Waals surface area contributed by atoms with Crippen molar-refractivity contribution in [3.63, 3.8) is 0 Å². The van der Waals surface area contributed by atoms with Crippen LogP contribution in [0.4, 0.5) is 4.39 Å². The lowest BCUT2D eigenvalue weighted by Crippen LogP contribution is -2.44. The molecule has 2 aromatic rings. The van der Waals surface area contributed by atoms with E-state index in [1.807, 2.05) is 6.92 Å². The second kappa shape index (κ2) is 8.08. The summed E-state index contributed by atoms with van der Waals surface area (Å²) in [4.78, 5) is 26.6. The molecule has 1 aliphatic heterocycles. The van der Waals surface area contributed by atoms with Crippen LogP contribution in [0, 0.1) is 12.7 Å². The molecule has 1 unspecified atom stereocenters. The minimum absolute atomic E-state index is 0.0403. The molecule has 8 heteroatoms. The average Bonchev–Trinajstić information content (AvgIpc) is 3.01.